The number of anilines is 1. The molecule has 0 spiro atoms. The number of ether oxygens (including phenoxy) is 1. The van der Waals surface area contributed by atoms with Crippen molar-refractivity contribution in [2.24, 2.45) is 0 Å². The van der Waals surface area contributed by atoms with Crippen LogP contribution in [0.4, 0.5) is 11.4 Å². The lowest BCUT2D eigenvalue weighted by atomic mass is 10.2. The van der Waals surface area contributed by atoms with Crippen molar-refractivity contribution >= 4 is 35.0 Å². The number of amides is 1. The Balaban J connectivity index is 1.75. The number of carbonyl (C=O) groups is 2. The SMILES string of the molecule is Cc1ccc(NC(=O)COC(=O)C(=Cc2ccccc2)n2nnnc2C)c([N+](=O)[O-])c1. The van der Waals surface area contributed by atoms with E-state index in [2.05, 4.69) is 20.8 Å². The van der Waals surface area contributed by atoms with Crippen LogP contribution in [0.1, 0.15) is 17.0 Å². The lowest BCUT2D eigenvalue weighted by Crippen LogP contribution is -2.23. The summed E-state index contributed by atoms with van der Waals surface area (Å²) in [5.41, 5.74) is 1.12. The van der Waals surface area contributed by atoms with E-state index in [1.54, 1.807) is 44.2 Å². The predicted octanol–water partition coefficient (Wildman–Crippen LogP) is 2.38. The van der Waals surface area contributed by atoms with E-state index in [0.29, 0.717) is 17.0 Å². The fraction of sp³-hybridized carbons (Fsp3) is 0.150. The highest BCUT2D eigenvalue weighted by Crippen LogP contribution is 2.25. The van der Waals surface area contributed by atoms with Crippen LogP contribution in [0.15, 0.2) is 48.5 Å². The summed E-state index contributed by atoms with van der Waals surface area (Å²) in [5.74, 6) is -1.22. The van der Waals surface area contributed by atoms with E-state index in [1.807, 2.05) is 6.07 Å². The zero-order valence-electron chi connectivity index (χ0n) is 16.7. The predicted molar refractivity (Wildman–Crippen MR) is 111 cm³/mol. The second-order valence-corrected chi connectivity index (χ2v) is 6.48. The molecule has 3 aromatic rings. The molecule has 0 fully saturated rings. The molecular weight excluding hydrogens is 404 g/mol. The number of hydrogen-bond acceptors (Lipinski definition) is 8. The summed E-state index contributed by atoms with van der Waals surface area (Å²) < 4.78 is 6.30. The van der Waals surface area contributed by atoms with Crippen molar-refractivity contribution in [2.45, 2.75) is 13.8 Å². The van der Waals surface area contributed by atoms with E-state index in [9.17, 15) is 19.7 Å². The molecule has 31 heavy (non-hydrogen) atoms. The van der Waals surface area contributed by atoms with E-state index < -0.39 is 23.4 Å². The third kappa shape index (κ3) is 5.35. The number of nitrogens with one attached hydrogen (secondary N) is 1. The van der Waals surface area contributed by atoms with E-state index in [1.165, 1.54) is 22.9 Å². The van der Waals surface area contributed by atoms with Crippen LogP contribution < -0.4 is 5.32 Å². The van der Waals surface area contributed by atoms with Gasteiger partial charge < -0.3 is 10.1 Å². The Morgan fingerprint density at radius 1 is 1.19 bits per heavy atom. The number of esters is 1. The zero-order chi connectivity index (χ0) is 22.4. The minimum absolute atomic E-state index is 0.00261. The molecule has 0 aliphatic rings. The maximum Gasteiger partial charge on any atom is 0.357 e. The first kappa shape index (κ1) is 21.3. The van der Waals surface area contributed by atoms with Gasteiger partial charge in [0.2, 0.25) is 0 Å². The number of aryl methyl sites for hydroxylation is 2. The molecule has 1 amide bonds. The van der Waals surface area contributed by atoms with Gasteiger partial charge >= 0.3 is 5.97 Å². The Labute approximate surface area is 176 Å². The monoisotopic (exact) mass is 422 g/mol. The van der Waals surface area contributed by atoms with E-state index in [4.69, 9.17) is 4.74 Å². The number of nitro groups is 1. The quantitative estimate of drug-likeness (QED) is 0.265. The molecule has 1 aromatic heterocycles. The van der Waals surface area contributed by atoms with Crippen molar-refractivity contribution in [1.29, 1.82) is 0 Å². The van der Waals surface area contributed by atoms with Gasteiger partial charge in [-0.05, 0) is 47.5 Å². The highest BCUT2D eigenvalue weighted by atomic mass is 16.6. The van der Waals surface area contributed by atoms with Gasteiger partial charge in [0.25, 0.3) is 11.6 Å². The number of tetrazole rings is 1. The highest BCUT2D eigenvalue weighted by Gasteiger charge is 2.20. The van der Waals surface area contributed by atoms with Gasteiger partial charge in [0, 0.05) is 6.07 Å². The third-order valence-corrected chi connectivity index (χ3v) is 4.12. The summed E-state index contributed by atoms with van der Waals surface area (Å²) in [6.45, 7) is 2.65. The molecule has 0 atom stereocenters. The van der Waals surface area contributed by atoms with Gasteiger partial charge in [-0.25, -0.2) is 4.79 Å². The van der Waals surface area contributed by atoms with Gasteiger partial charge in [-0.1, -0.05) is 36.4 Å². The standard InChI is InChI=1S/C20H18N6O5/c1-13-8-9-16(17(10-13)26(29)30)21-19(27)12-31-20(28)18(25-14(2)22-23-24-25)11-15-6-4-3-5-7-15/h3-11H,12H2,1-2H3,(H,21,27). The molecule has 1 N–H and O–H groups in total. The van der Waals surface area contributed by atoms with Crippen LogP contribution in [-0.2, 0) is 14.3 Å². The van der Waals surface area contributed by atoms with Gasteiger partial charge in [-0.3, -0.25) is 14.9 Å². The van der Waals surface area contributed by atoms with Crippen molar-refractivity contribution < 1.29 is 19.2 Å². The number of benzene rings is 2. The van der Waals surface area contributed by atoms with Crippen LogP contribution in [0, 0.1) is 24.0 Å². The van der Waals surface area contributed by atoms with Gasteiger partial charge in [0.15, 0.2) is 18.1 Å². The summed E-state index contributed by atoms with van der Waals surface area (Å²) in [6.07, 6.45) is 1.52. The molecular formula is C20H18N6O5. The number of aromatic nitrogens is 4. The second-order valence-electron chi connectivity index (χ2n) is 6.48. The second kappa shape index (κ2) is 9.39. The van der Waals surface area contributed by atoms with E-state index >= 15 is 0 Å². The van der Waals surface area contributed by atoms with Crippen molar-refractivity contribution in [3.05, 3.63) is 75.6 Å². The topological polar surface area (TPSA) is 142 Å². The lowest BCUT2D eigenvalue weighted by molar-refractivity contribution is -0.384. The Hall–Kier alpha value is -4.41. The maximum atomic E-state index is 12.7. The Bertz CT molecular complexity index is 1160. The largest absolute Gasteiger partial charge is 0.451 e. The fourth-order valence-electron chi connectivity index (χ4n) is 2.66. The van der Waals surface area contributed by atoms with Crippen LogP contribution in [-0.4, -0.2) is 43.6 Å². The maximum absolute atomic E-state index is 12.7. The molecule has 0 unspecified atom stereocenters. The average Bonchev–Trinajstić information content (AvgIpc) is 3.17. The van der Waals surface area contributed by atoms with Crippen molar-refractivity contribution in [3.63, 3.8) is 0 Å². The summed E-state index contributed by atoms with van der Waals surface area (Å²) in [7, 11) is 0. The number of nitrogens with zero attached hydrogens (tertiary/aromatic N) is 5. The molecule has 0 bridgehead atoms. The first-order chi connectivity index (χ1) is 14.8. The van der Waals surface area contributed by atoms with Gasteiger partial charge in [0.05, 0.1) is 4.92 Å². The molecule has 2 aromatic carbocycles. The average molecular weight is 422 g/mol. The number of nitro benzene ring substituents is 1. The Kier molecular flexibility index (Phi) is 6.45. The molecule has 0 saturated heterocycles. The molecule has 0 radical (unpaired) electrons. The summed E-state index contributed by atoms with van der Waals surface area (Å²) in [6, 6.07) is 13.3. The van der Waals surface area contributed by atoms with E-state index in [0.717, 1.165) is 0 Å². The minimum atomic E-state index is -0.840. The van der Waals surface area contributed by atoms with Crippen LogP contribution >= 0.6 is 0 Å². The van der Waals surface area contributed by atoms with Gasteiger partial charge in [-0.15, -0.1) is 5.10 Å². The van der Waals surface area contributed by atoms with Crippen LogP contribution in [0.2, 0.25) is 0 Å². The Morgan fingerprint density at radius 2 is 1.94 bits per heavy atom. The third-order valence-electron chi connectivity index (χ3n) is 4.12. The lowest BCUT2D eigenvalue weighted by Gasteiger charge is -2.10. The molecule has 158 valence electrons. The summed E-state index contributed by atoms with van der Waals surface area (Å²) >= 11 is 0. The summed E-state index contributed by atoms with van der Waals surface area (Å²) in [4.78, 5) is 35.5. The van der Waals surface area contributed by atoms with Crippen LogP contribution in [0.25, 0.3) is 11.8 Å². The first-order valence-corrected chi connectivity index (χ1v) is 9.09. The fourth-order valence-corrected chi connectivity index (χ4v) is 2.66. The summed E-state index contributed by atoms with van der Waals surface area (Å²) in [5, 5.41) is 24.6. The van der Waals surface area contributed by atoms with E-state index in [-0.39, 0.29) is 17.1 Å². The highest BCUT2D eigenvalue weighted by molar-refractivity contribution is 6.15. The number of hydrogen-bond donors (Lipinski definition) is 1. The molecule has 11 nitrogen and oxygen atoms in total. The van der Waals surface area contributed by atoms with Crippen LogP contribution in [0.3, 0.4) is 0 Å². The van der Waals surface area contributed by atoms with Gasteiger partial charge in [-0.2, -0.15) is 4.68 Å². The number of rotatable bonds is 7. The molecule has 11 heteroatoms. The molecule has 0 aliphatic heterocycles. The minimum Gasteiger partial charge on any atom is -0.451 e. The van der Waals surface area contributed by atoms with Crippen molar-refractivity contribution in [2.75, 3.05) is 11.9 Å². The molecule has 0 aliphatic carbocycles. The van der Waals surface area contributed by atoms with Crippen LogP contribution in [0.5, 0.6) is 0 Å². The molecule has 3 rings (SSSR count). The molecule has 1 heterocycles. The smallest absolute Gasteiger partial charge is 0.357 e. The van der Waals surface area contributed by atoms with Gasteiger partial charge in [0.1, 0.15) is 5.69 Å². The first-order valence-electron chi connectivity index (χ1n) is 9.09. The number of carbonyl (C=O) groups excluding carboxylic acids is 2. The molecule has 0 saturated carbocycles. The Morgan fingerprint density at radius 3 is 2.58 bits per heavy atom. The van der Waals surface area contributed by atoms with Crippen molar-refractivity contribution in [1.82, 2.24) is 20.2 Å². The normalized spacial score (nSPS) is 11.1. The zero-order valence-corrected chi connectivity index (χ0v) is 16.7. The van der Waals surface area contributed by atoms with Crippen molar-refractivity contribution in [3.8, 4) is 0 Å².